The molecule has 0 spiro atoms. The van der Waals surface area contributed by atoms with E-state index in [1.165, 1.54) is 12.8 Å². The lowest BCUT2D eigenvalue weighted by atomic mass is 9.93. The van der Waals surface area contributed by atoms with Crippen LogP contribution in [0.1, 0.15) is 49.2 Å². The number of aromatic nitrogens is 1. The molecule has 106 valence electrons. The summed E-state index contributed by atoms with van der Waals surface area (Å²) >= 11 is 0. The molecule has 0 atom stereocenters. The van der Waals surface area contributed by atoms with Crippen LogP contribution in [-0.4, -0.2) is 23.7 Å². The van der Waals surface area contributed by atoms with Gasteiger partial charge in [0.1, 0.15) is 6.07 Å². The van der Waals surface area contributed by atoms with Crippen molar-refractivity contribution >= 4 is 5.69 Å². The Morgan fingerprint density at radius 2 is 2.00 bits per heavy atom. The van der Waals surface area contributed by atoms with Gasteiger partial charge < -0.3 is 9.64 Å². The maximum absolute atomic E-state index is 9.51. The second kappa shape index (κ2) is 4.75. The van der Waals surface area contributed by atoms with Crippen LogP contribution in [0, 0.1) is 18.3 Å². The first-order valence-electron chi connectivity index (χ1n) is 7.33. The van der Waals surface area contributed by atoms with Gasteiger partial charge in [-0.2, -0.15) is 5.26 Å². The van der Waals surface area contributed by atoms with E-state index < -0.39 is 0 Å². The summed E-state index contributed by atoms with van der Waals surface area (Å²) in [5.74, 6) is 0. The first-order chi connectivity index (χ1) is 9.52. The highest BCUT2D eigenvalue weighted by molar-refractivity contribution is 5.67. The topological polar surface area (TPSA) is 49.2 Å². The number of nitrogens with zero attached hydrogens (tertiary/aromatic N) is 3. The molecular formula is C16H21N3O. The third-order valence-corrected chi connectivity index (χ3v) is 4.27. The third kappa shape index (κ3) is 2.16. The van der Waals surface area contributed by atoms with Gasteiger partial charge in [-0.25, -0.2) is 0 Å². The van der Waals surface area contributed by atoms with Crippen molar-refractivity contribution in [3.63, 3.8) is 0 Å². The molecule has 0 aliphatic carbocycles. The summed E-state index contributed by atoms with van der Waals surface area (Å²) in [7, 11) is 0. The molecule has 20 heavy (non-hydrogen) atoms. The largest absolute Gasteiger partial charge is 0.370 e. The molecule has 0 unspecified atom stereocenters. The minimum absolute atomic E-state index is 0.164. The molecule has 0 amide bonds. The molecule has 0 bridgehead atoms. The highest BCUT2D eigenvalue weighted by Gasteiger charge is 2.32. The van der Waals surface area contributed by atoms with Gasteiger partial charge in [-0.3, -0.25) is 4.98 Å². The van der Waals surface area contributed by atoms with Crippen LogP contribution in [0.4, 0.5) is 5.69 Å². The molecule has 3 heterocycles. The van der Waals surface area contributed by atoms with Crippen LogP contribution in [-0.2, 0) is 17.8 Å². The summed E-state index contributed by atoms with van der Waals surface area (Å²) in [4.78, 5) is 7.02. The second-order valence-corrected chi connectivity index (χ2v) is 6.38. The van der Waals surface area contributed by atoms with E-state index in [1.807, 2.05) is 6.92 Å². The van der Waals surface area contributed by atoms with Gasteiger partial charge >= 0.3 is 0 Å². The van der Waals surface area contributed by atoms with Gasteiger partial charge in [-0.1, -0.05) is 0 Å². The number of hydrogen-bond donors (Lipinski definition) is 0. The van der Waals surface area contributed by atoms with E-state index in [0.29, 0.717) is 6.61 Å². The molecule has 3 rings (SSSR count). The van der Waals surface area contributed by atoms with Crippen molar-refractivity contribution in [2.24, 2.45) is 0 Å². The minimum Gasteiger partial charge on any atom is -0.370 e. The summed E-state index contributed by atoms with van der Waals surface area (Å²) in [5, 5.41) is 9.51. The van der Waals surface area contributed by atoms with Crippen LogP contribution in [0.15, 0.2) is 0 Å². The quantitative estimate of drug-likeness (QED) is 0.788. The Morgan fingerprint density at radius 1 is 1.30 bits per heavy atom. The van der Waals surface area contributed by atoms with Crippen molar-refractivity contribution in [3.8, 4) is 6.07 Å². The zero-order valence-electron chi connectivity index (χ0n) is 12.5. The number of ether oxygens (including phenoxy) is 1. The lowest BCUT2D eigenvalue weighted by Crippen LogP contribution is -2.34. The first kappa shape index (κ1) is 13.4. The van der Waals surface area contributed by atoms with E-state index >= 15 is 0 Å². The van der Waals surface area contributed by atoms with Gasteiger partial charge in [-0.15, -0.1) is 0 Å². The molecule has 0 N–H and O–H groups in total. The fourth-order valence-corrected chi connectivity index (χ4v) is 3.23. The molecule has 0 saturated carbocycles. The van der Waals surface area contributed by atoms with E-state index in [2.05, 4.69) is 29.8 Å². The Morgan fingerprint density at radius 3 is 2.65 bits per heavy atom. The van der Waals surface area contributed by atoms with Crippen LogP contribution in [0.2, 0.25) is 0 Å². The lowest BCUT2D eigenvalue weighted by molar-refractivity contribution is -0.0411. The Kier molecular flexibility index (Phi) is 3.18. The van der Waals surface area contributed by atoms with Crippen molar-refractivity contribution in [2.75, 3.05) is 18.0 Å². The average Bonchev–Trinajstić information content (AvgIpc) is 2.89. The predicted octanol–water partition coefficient (Wildman–Crippen LogP) is 2.71. The van der Waals surface area contributed by atoms with E-state index in [1.54, 1.807) is 0 Å². The molecule has 2 aliphatic heterocycles. The number of nitriles is 1. The Hall–Kier alpha value is -1.60. The SMILES string of the molecule is Cc1nc2c(c(N3CCCC3)c1C#N)COC(C)(C)C2. The van der Waals surface area contributed by atoms with Gasteiger partial charge in [0.25, 0.3) is 0 Å². The number of aryl methyl sites for hydroxylation is 1. The number of anilines is 1. The maximum Gasteiger partial charge on any atom is 0.103 e. The zero-order chi connectivity index (χ0) is 14.3. The van der Waals surface area contributed by atoms with E-state index in [4.69, 9.17) is 4.74 Å². The van der Waals surface area contributed by atoms with E-state index in [9.17, 15) is 5.26 Å². The number of fused-ring (bicyclic) bond motifs is 1. The molecular weight excluding hydrogens is 250 g/mol. The Labute approximate surface area is 120 Å². The molecule has 0 radical (unpaired) electrons. The summed E-state index contributed by atoms with van der Waals surface area (Å²) in [5.41, 5.74) is 4.75. The van der Waals surface area contributed by atoms with E-state index in [0.717, 1.165) is 47.7 Å². The van der Waals surface area contributed by atoms with Crippen molar-refractivity contribution in [3.05, 3.63) is 22.5 Å². The number of rotatable bonds is 1. The second-order valence-electron chi connectivity index (χ2n) is 6.38. The fraction of sp³-hybridized carbons (Fsp3) is 0.625. The van der Waals surface area contributed by atoms with Crippen molar-refractivity contribution in [1.29, 1.82) is 5.26 Å². The molecule has 1 aromatic rings. The van der Waals surface area contributed by atoms with E-state index in [-0.39, 0.29) is 5.60 Å². The van der Waals surface area contributed by atoms with Crippen LogP contribution >= 0.6 is 0 Å². The summed E-state index contributed by atoms with van der Waals surface area (Å²) < 4.78 is 5.96. The smallest absolute Gasteiger partial charge is 0.103 e. The van der Waals surface area contributed by atoms with Crippen LogP contribution in [0.3, 0.4) is 0 Å². The molecule has 1 saturated heterocycles. The predicted molar refractivity (Wildman–Crippen MR) is 77.7 cm³/mol. The van der Waals surface area contributed by atoms with Gasteiger partial charge in [0.15, 0.2) is 0 Å². The summed E-state index contributed by atoms with van der Waals surface area (Å²) in [6.07, 6.45) is 3.22. The monoisotopic (exact) mass is 271 g/mol. The molecule has 2 aliphatic rings. The van der Waals surface area contributed by atoms with Crippen molar-refractivity contribution in [2.45, 2.75) is 52.2 Å². The standard InChI is InChI=1S/C16H21N3O/c1-11-12(9-17)15(19-6-4-5-7-19)13-10-20-16(2,3)8-14(13)18-11/h4-8,10H2,1-3H3. The first-order valence-corrected chi connectivity index (χ1v) is 7.33. The Balaban J connectivity index is 2.15. The average molecular weight is 271 g/mol. The molecule has 1 aromatic heterocycles. The molecule has 1 fully saturated rings. The molecule has 0 aromatic carbocycles. The van der Waals surface area contributed by atoms with Crippen LogP contribution in [0.5, 0.6) is 0 Å². The summed E-state index contributed by atoms with van der Waals surface area (Å²) in [6.45, 7) is 8.78. The van der Waals surface area contributed by atoms with Crippen molar-refractivity contribution < 1.29 is 4.74 Å². The number of hydrogen-bond acceptors (Lipinski definition) is 4. The van der Waals surface area contributed by atoms with Gasteiger partial charge in [-0.05, 0) is 33.6 Å². The normalized spacial score (nSPS) is 20.6. The van der Waals surface area contributed by atoms with Gasteiger partial charge in [0, 0.05) is 25.1 Å². The highest BCUT2D eigenvalue weighted by Crippen LogP contribution is 2.37. The third-order valence-electron chi connectivity index (χ3n) is 4.27. The molecule has 4 heteroatoms. The number of pyridine rings is 1. The van der Waals surface area contributed by atoms with Gasteiger partial charge in [0.05, 0.1) is 34.8 Å². The molecule has 4 nitrogen and oxygen atoms in total. The maximum atomic E-state index is 9.51. The summed E-state index contributed by atoms with van der Waals surface area (Å²) in [6, 6.07) is 2.35. The minimum atomic E-state index is -0.164. The van der Waals surface area contributed by atoms with Crippen molar-refractivity contribution in [1.82, 2.24) is 4.98 Å². The Bertz CT molecular complexity index is 580. The van der Waals surface area contributed by atoms with Crippen LogP contribution in [0.25, 0.3) is 0 Å². The highest BCUT2D eigenvalue weighted by atomic mass is 16.5. The fourth-order valence-electron chi connectivity index (χ4n) is 3.23. The van der Waals surface area contributed by atoms with Crippen LogP contribution < -0.4 is 4.90 Å². The van der Waals surface area contributed by atoms with Gasteiger partial charge in [0.2, 0.25) is 0 Å². The lowest BCUT2D eigenvalue weighted by Gasteiger charge is -2.34. The zero-order valence-corrected chi connectivity index (χ0v) is 12.5.